The second kappa shape index (κ2) is 8.93. The van der Waals surface area contributed by atoms with Gasteiger partial charge in [0.05, 0.1) is 11.4 Å². The Morgan fingerprint density at radius 3 is 2.00 bits per heavy atom. The number of anilines is 3. The molecule has 148 valence electrons. The molecule has 4 N–H and O–H groups in total. The number of amides is 2. The monoisotopic (exact) mass is 388 g/mol. The summed E-state index contributed by atoms with van der Waals surface area (Å²) in [6.45, 7) is 0.433. The Morgan fingerprint density at radius 2 is 1.41 bits per heavy atom. The van der Waals surface area contributed by atoms with Gasteiger partial charge in [0.15, 0.2) is 0 Å². The molecule has 3 aromatic carbocycles. The normalized spacial score (nSPS) is 10.3. The summed E-state index contributed by atoms with van der Waals surface area (Å²) in [7, 11) is 3.96. The summed E-state index contributed by atoms with van der Waals surface area (Å²) in [6, 6.07) is 21.5. The molecule has 0 unspecified atom stereocenters. The number of carbonyl (C=O) groups excluding carboxylic acids is 2. The number of hydrogen-bond donors (Lipinski definition) is 3. The molecule has 0 bridgehead atoms. The largest absolute Gasteiger partial charge is 0.397 e. The minimum atomic E-state index is -0.282. The first-order valence-corrected chi connectivity index (χ1v) is 9.24. The van der Waals surface area contributed by atoms with Crippen LogP contribution in [0.15, 0.2) is 72.8 Å². The average Bonchev–Trinajstić information content (AvgIpc) is 2.74. The van der Waals surface area contributed by atoms with Crippen LogP contribution in [0.2, 0.25) is 0 Å². The fourth-order valence-corrected chi connectivity index (χ4v) is 2.77. The highest BCUT2D eigenvalue weighted by molar-refractivity contribution is 6.06. The van der Waals surface area contributed by atoms with Crippen molar-refractivity contribution in [2.75, 3.05) is 30.0 Å². The van der Waals surface area contributed by atoms with Crippen LogP contribution < -0.4 is 21.3 Å². The maximum absolute atomic E-state index is 12.4. The second-order valence-corrected chi connectivity index (χ2v) is 6.86. The van der Waals surface area contributed by atoms with Crippen LogP contribution in [-0.4, -0.2) is 25.9 Å². The van der Waals surface area contributed by atoms with Gasteiger partial charge in [0.1, 0.15) is 0 Å². The van der Waals surface area contributed by atoms with E-state index in [2.05, 4.69) is 10.6 Å². The van der Waals surface area contributed by atoms with E-state index < -0.39 is 0 Å². The van der Waals surface area contributed by atoms with Crippen molar-refractivity contribution in [2.45, 2.75) is 6.54 Å². The number of nitrogens with two attached hydrogens (primary N) is 1. The van der Waals surface area contributed by atoms with E-state index in [4.69, 9.17) is 5.73 Å². The zero-order chi connectivity index (χ0) is 20.8. The Balaban J connectivity index is 1.58. The van der Waals surface area contributed by atoms with Crippen LogP contribution in [0, 0.1) is 0 Å². The first-order chi connectivity index (χ1) is 13.9. The van der Waals surface area contributed by atoms with E-state index in [1.54, 1.807) is 48.5 Å². The van der Waals surface area contributed by atoms with Crippen molar-refractivity contribution < 1.29 is 9.59 Å². The quantitative estimate of drug-likeness (QED) is 0.564. The van der Waals surface area contributed by atoms with Crippen LogP contribution in [0.1, 0.15) is 26.3 Å². The van der Waals surface area contributed by atoms with E-state index in [9.17, 15) is 9.59 Å². The van der Waals surface area contributed by atoms with Gasteiger partial charge in [-0.2, -0.15) is 0 Å². The Bertz CT molecular complexity index is 996. The summed E-state index contributed by atoms with van der Waals surface area (Å²) in [5, 5.41) is 5.66. The molecule has 0 aromatic heterocycles. The fourth-order valence-electron chi connectivity index (χ4n) is 2.77. The maximum Gasteiger partial charge on any atom is 0.255 e. The molecular formula is C23H24N4O2. The zero-order valence-corrected chi connectivity index (χ0v) is 16.5. The Morgan fingerprint density at radius 1 is 0.828 bits per heavy atom. The third kappa shape index (κ3) is 5.13. The molecule has 3 aromatic rings. The Kier molecular flexibility index (Phi) is 6.14. The molecule has 0 aliphatic carbocycles. The Hall–Kier alpha value is -3.80. The van der Waals surface area contributed by atoms with E-state index in [0.717, 1.165) is 11.3 Å². The molecule has 0 aliphatic rings. The minimum absolute atomic E-state index is 0.194. The van der Waals surface area contributed by atoms with Crippen LogP contribution in [0.3, 0.4) is 0 Å². The highest BCUT2D eigenvalue weighted by Crippen LogP contribution is 2.18. The van der Waals surface area contributed by atoms with E-state index in [-0.39, 0.29) is 11.8 Å². The zero-order valence-electron chi connectivity index (χ0n) is 16.5. The summed E-state index contributed by atoms with van der Waals surface area (Å²) in [5.74, 6) is -0.475. The van der Waals surface area contributed by atoms with Crippen molar-refractivity contribution >= 4 is 28.9 Å². The predicted molar refractivity (Wildman–Crippen MR) is 117 cm³/mol. The van der Waals surface area contributed by atoms with Gasteiger partial charge >= 0.3 is 0 Å². The van der Waals surface area contributed by atoms with Gasteiger partial charge in [-0.25, -0.2) is 0 Å². The van der Waals surface area contributed by atoms with E-state index in [1.165, 1.54) is 0 Å². The third-order valence-corrected chi connectivity index (χ3v) is 4.52. The van der Waals surface area contributed by atoms with E-state index in [0.29, 0.717) is 29.0 Å². The highest BCUT2D eigenvalue weighted by Gasteiger charge is 2.10. The van der Waals surface area contributed by atoms with Gasteiger partial charge in [0.2, 0.25) is 0 Å². The Labute approximate surface area is 170 Å². The fraction of sp³-hybridized carbons (Fsp3) is 0.130. The summed E-state index contributed by atoms with van der Waals surface area (Å²) in [4.78, 5) is 26.8. The average molecular weight is 388 g/mol. The lowest BCUT2D eigenvalue weighted by Gasteiger charge is -2.13. The second-order valence-electron chi connectivity index (χ2n) is 6.86. The first kappa shape index (κ1) is 19.9. The van der Waals surface area contributed by atoms with E-state index in [1.807, 2.05) is 43.3 Å². The van der Waals surface area contributed by atoms with Crippen molar-refractivity contribution in [1.82, 2.24) is 5.32 Å². The molecule has 0 fully saturated rings. The van der Waals surface area contributed by atoms with Gasteiger partial charge in [-0.05, 0) is 54.1 Å². The lowest BCUT2D eigenvalue weighted by molar-refractivity contribution is 0.0949. The smallest absolute Gasteiger partial charge is 0.255 e. The van der Waals surface area contributed by atoms with Gasteiger partial charge < -0.3 is 21.3 Å². The van der Waals surface area contributed by atoms with Gasteiger partial charge in [0.25, 0.3) is 11.8 Å². The summed E-state index contributed by atoms with van der Waals surface area (Å²) in [5.41, 5.74) is 9.95. The first-order valence-electron chi connectivity index (χ1n) is 9.24. The van der Waals surface area contributed by atoms with Crippen LogP contribution in [0.5, 0.6) is 0 Å². The molecule has 0 saturated heterocycles. The molecule has 6 nitrogen and oxygen atoms in total. The number of nitrogens with zero attached hydrogens (tertiary/aromatic N) is 1. The van der Waals surface area contributed by atoms with Gasteiger partial charge in [0, 0.05) is 37.5 Å². The highest BCUT2D eigenvalue weighted by atomic mass is 16.2. The number of nitrogens with one attached hydrogen (secondary N) is 2. The maximum atomic E-state index is 12.4. The molecule has 0 atom stereocenters. The number of para-hydroxylation sites is 2. The van der Waals surface area contributed by atoms with Gasteiger partial charge in [-0.1, -0.05) is 24.3 Å². The van der Waals surface area contributed by atoms with E-state index >= 15 is 0 Å². The lowest BCUT2D eigenvalue weighted by Crippen LogP contribution is -2.23. The van der Waals surface area contributed by atoms with Crippen LogP contribution in [-0.2, 0) is 6.54 Å². The van der Waals surface area contributed by atoms with Crippen LogP contribution in [0.25, 0.3) is 0 Å². The summed E-state index contributed by atoms with van der Waals surface area (Å²) in [6.07, 6.45) is 0. The van der Waals surface area contributed by atoms with Crippen molar-refractivity contribution in [3.63, 3.8) is 0 Å². The number of rotatable bonds is 6. The van der Waals surface area contributed by atoms with Crippen LogP contribution in [0.4, 0.5) is 17.1 Å². The molecule has 3 rings (SSSR count). The van der Waals surface area contributed by atoms with Gasteiger partial charge in [-0.15, -0.1) is 0 Å². The van der Waals surface area contributed by atoms with Gasteiger partial charge in [-0.3, -0.25) is 9.59 Å². The molecule has 0 spiro atoms. The molecule has 0 heterocycles. The predicted octanol–water partition coefficient (Wildman–Crippen LogP) is 3.52. The van der Waals surface area contributed by atoms with Crippen LogP contribution >= 0.6 is 0 Å². The molecule has 2 amide bonds. The molecule has 0 aliphatic heterocycles. The molecule has 29 heavy (non-hydrogen) atoms. The SMILES string of the molecule is CN(C)c1ccc(CNC(=O)c2ccc(C(=O)Nc3ccccc3N)cc2)cc1. The van der Waals surface area contributed by atoms with Crippen molar-refractivity contribution in [1.29, 1.82) is 0 Å². The number of benzene rings is 3. The molecule has 0 radical (unpaired) electrons. The summed E-state index contributed by atoms with van der Waals surface area (Å²) >= 11 is 0. The minimum Gasteiger partial charge on any atom is -0.397 e. The number of nitrogen functional groups attached to an aromatic ring is 1. The van der Waals surface area contributed by atoms with Crippen molar-refractivity contribution in [3.05, 3.63) is 89.5 Å². The van der Waals surface area contributed by atoms with Crippen molar-refractivity contribution in [2.24, 2.45) is 0 Å². The standard InChI is InChI=1S/C23H24N4O2/c1-27(2)19-13-7-16(8-14-19)15-25-22(28)17-9-11-18(12-10-17)23(29)26-21-6-4-3-5-20(21)24/h3-14H,15,24H2,1-2H3,(H,25,28)(H,26,29). The van der Waals surface area contributed by atoms with Crippen molar-refractivity contribution in [3.8, 4) is 0 Å². The topological polar surface area (TPSA) is 87.5 Å². The lowest BCUT2D eigenvalue weighted by atomic mass is 10.1. The number of hydrogen-bond acceptors (Lipinski definition) is 4. The molecule has 6 heteroatoms. The number of carbonyl (C=O) groups is 2. The summed E-state index contributed by atoms with van der Waals surface area (Å²) < 4.78 is 0. The molecular weight excluding hydrogens is 364 g/mol. The third-order valence-electron chi connectivity index (χ3n) is 4.52. The molecule has 0 saturated carbocycles.